The Morgan fingerprint density at radius 3 is 2.75 bits per heavy atom. The average Bonchev–Trinajstić information content (AvgIpc) is 3.41. The molecule has 2 aliphatic heterocycles. The SMILES string of the molecule is CC(=O)NCC1Cc2nccc(-c3cc(Cl)cc4c3OC(C(=O)N3CCCCC3)C4)c2C1. The van der Waals surface area contributed by atoms with Gasteiger partial charge in [-0.3, -0.25) is 14.6 Å². The first-order chi connectivity index (χ1) is 15.5. The van der Waals surface area contributed by atoms with Gasteiger partial charge in [-0.15, -0.1) is 0 Å². The van der Waals surface area contributed by atoms with Crippen molar-refractivity contribution in [1.82, 2.24) is 15.2 Å². The molecule has 0 bridgehead atoms. The number of amides is 2. The summed E-state index contributed by atoms with van der Waals surface area (Å²) in [5, 5.41) is 3.57. The molecule has 1 aliphatic carbocycles. The predicted octanol–water partition coefficient (Wildman–Crippen LogP) is 3.57. The van der Waals surface area contributed by atoms with Crippen LogP contribution in [0.4, 0.5) is 0 Å². The van der Waals surface area contributed by atoms with Crippen molar-refractivity contribution in [1.29, 1.82) is 0 Å². The summed E-state index contributed by atoms with van der Waals surface area (Å²) in [6, 6.07) is 5.87. The van der Waals surface area contributed by atoms with Gasteiger partial charge in [0.25, 0.3) is 5.91 Å². The number of hydrogen-bond acceptors (Lipinski definition) is 4. The van der Waals surface area contributed by atoms with E-state index in [1.165, 1.54) is 12.0 Å². The van der Waals surface area contributed by atoms with Crippen molar-refractivity contribution in [3.63, 3.8) is 0 Å². The maximum Gasteiger partial charge on any atom is 0.263 e. The van der Waals surface area contributed by atoms with Gasteiger partial charge in [-0.25, -0.2) is 0 Å². The molecule has 0 saturated carbocycles. The third-order valence-corrected chi connectivity index (χ3v) is 7.01. The molecule has 1 saturated heterocycles. The number of pyridine rings is 1. The number of likely N-dealkylation sites (tertiary alicyclic amines) is 1. The van der Waals surface area contributed by atoms with Crippen LogP contribution in [0.2, 0.25) is 5.02 Å². The molecule has 168 valence electrons. The molecular formula is C25H28ClN3O3. The summed E-state index contributed by atoms with van der Waals surface area (Å²) in [7, 11) is 0. The lowest BCUT2D eigenvalue weighted by molar-refractivity contribution is -0.138. The van der Waals surface area contributed by atoms with Crippen molar-refractivity contribution in [2.75, 3.05) is 19.6 Å². The number of fused-ring (bicyclic) bond motifs is 2. The maximum absolute atomic E-state index is 13.1. The van der Waals surface area contributed by atoms with Crippen LogP contribution >= 0.6 is 11.6 Å². The standard InChI is InChI=1S/C25H28ClN3O3/c1-15(30)28-14-16-9-20-19(5-6-27-22(20)10-16)21-13-18(26)11-17-12-23(32-24(17)21)25(31)29-7-3-2-4-8-29/h5-6,11,13,16,23H,2-4,7-10,12,14H2,1H3,(H,28,30). The summed E-state index contributed by atoms with van der Waals surface area (Å²) in [6.07, 6.45) is 6.88. The molecule has 1 aromatic heterocycles. The van der Waals surface area contributed by atoms with E-state index in [2.05, 4.69) is 10.3 Å². The molecule has 32 heavy (non-hydrogen) atoms. The number of piperidine rings is 1. The van der Waals surface area contributed by atoms with Crippen LogP contribution < -0.4 is 10.1 Å². The Morgan fingerprint density at radius 1 is 1.16 bits per heavy atom. The molecule has 2 amide bonds. The number of carbonyl (C=O) groups is 2. The van der Waals surface area contributed by atoms with Gasteiger partial charge in [-0.2, -0.15) is 0 Å². The second kappa shape index (κ2) is 8.74. The minimum absolute atomic E-state index is 0.0142. The van der Waals surface area contributed by atoms with Crippen molar-refractivity contribution in [2.45, 2.75) is 51.6 Å². The van der Waals surface area contributed by atoms with Crippen LogP contribution in [0.5, 0.6) is 5.75 Å². The molecule has 2 aromatic rings. The minimum Gasteiger partial charge on any atom is -0.479 e. The first kappa shape index (κ1) is 21.3. The Kier molecular flexibility index (Phi) is 5.80. The van der Waals surface area contributed by atoms with Crippen LogP contribution in [-0.4, -0.2) is 47.4 Å². The van der Waals surface area contributed by atoms with Gasteiger partial charge in [-0.05, 0) is 67.3 Å². The highest BCUT2D eigenvalue weighted by Crippen LogP contribution is 2.44. The van der Waals surface area contributed by atoms with E-state index in [9.17, 15) is 9.59 Å². The van der Waals surface area contributed by atoms with Gasteiger partial charge in [0.05, 0.1) is 0 Å². The molecular weight excluding hydrogens is 426 g/mol. The number of halogens is 1. The van der Waals surface area contributed by atoms with Crippen LogP contribution in [0.15, 0.2) is 24.4 Å². The zero-order valence-corrected chi connectivity index (χ0v) is 19.1. The normalized spacial score (nSPS) is 21.6. The molecule has 7 heteroatoms. The molecule has 5 rings (SSSR count). The van der Waals surface area contributed by atoms with E-state index in [0.29, 0.717) is 23.9 Å². The first-order valence-corrected chi connectivity index (χ1v) is 11.9. The summed E-state index contributed by atoms with van der Waals surface area (Å²) < 4.78 is 6.30. The lowest BCUT2D eigenvalue weighted by Gasteiger charge is -2.28. The van der Waals surface area contributed by atoms with Crippen molar-refractivity contribution in [3.05, 3.63) is 46.2 Å². The van der Waals surface area contributed by atoms with Crippen LogP contribution in [-0.2, 0) is 28.9 Å². The summed E-state index contributed by atoms with van der Waals surface area (Å²) in [6.45, 7) is 3.81. The van der Waals surface area contributed by atoms with Gasteiger partial charge in [0.15, 0.2) is 6.10 Å². The van der Waals surface area contributed by atoms with Crippen molar-refractivity contribution < 1.29 is 14.3 Å². The lowest BCUT2D eigenvalue weighted by Crippen LogP contribution is -2.43. The Labute approximate surface area is 193 Å². The molecule has 3 heterocycles. The van der Waals surface area contributed by atoms with Crippen LogP contribution in [0.3, 0.4) is 0 Å². The number of ether oxygens (including phenoxy) is 1. The van der Waals surface area contributed by atoms with E-state index in [-0.39, 0.29) is 11.8 Å². The fraction of sp³-hybridized carbons (Fsp3) is 0.480. The summed E-state index contributed by atoms with van der Waals surface area (Å²) in [5.74, 6) is 1.16. The van der Waals surface area contributed by atoms with Gasteiger partial charge >= 0.3 is 0 Å². The third kappa shape index (κ3) is 4.08. The molecule has 1 fully saturated rings. The van der Waals surface area contributed by atoms with E-state index in [1.807, 2.05) is 29.3 Å². The Hall–Kier alpha value is -2.60. The zero-order chi connectivity index (χ0) is 22.2. The van der Waals surface area contributed by atoms with Gasteiger partial charge in [0.1, 0.15) is 5.75 Å². The third-order valence-electron chi connectivity index (χ3n) is 6.79. The summed E-state index contributed by atoms with van der Waals surface area (Å²) in [4.78, 5) is 31.0. The van der Waals surface area contributed by atoms with Gasteiger partial charge in [0, 0.05) is 61.0 Å². The molecule has 3 aliphatic rings. The Bertz CT molecular complexity index is 1060. The Balaban J connectivity index is 1.43. The fourth-order valence-corrected chi connectivity index (χ4v) is 5.48. The molecule has 2 atom stereocenters. The van der Waals surface area contributed by atoms with Gasteiger partial charge < -0.3 is 15.0 Å². The largest absolute Gasteiger partial charge is 0.479 e. The minimum atomic E-state index is -0.484. The number of carbonyl (C=O) groups excluding carboxylic acids is 2. The van der Waals surface area contributed by atoms with E-state index < -0.39 is 6.10 Å². The molecule has 1 aromatic carbocycles. The maximum atomic E-state index is 13.1. The number of nitrogens with one attached hydrogen (secondary N) is 1. The van der Waals surface area contributed by atoms with Gasteiger partial charge in [-0.1, -0.05) is 11.6 Å². The smallest absolute Gasteiger partial charge is 0.263 e. The monoisotopic (exact) mass is 453 g/mol. The summed E-state index contributed by atoms with van der Waals surface area (Å²) in [5.41, 5.74) is 5.22. The molecule has 0 spiro atoms. The van der Waals surface area contributed by atoms with Gasteiger partial charge in [0.2, 0.25) is 5.91 Å². The van der Waals surface area contributed by atoms with Crippen LogP contribution in [0.1, 0.15) is 43.0 Å². The number of rotatable bonds is 4. The number of nitrogens with zero attached hydrogens (tertiary/aromatic N) is 2. The average molecular weight is 454 g/mol. The Morgan fingerprint density at radius 2 is 1.97 bits per heavy atom. The highest BCUT2D eigenvalue weighted by atomic mass is 35.5. The number of hydrogen-bond donors (Lipinski definition) is 1. The predicted molar refractivity (Wildman–Crippen MR) is 123 cm³/mol. The molecule has 6 nitrogen and oxygen atoms in total. The zero-order valence-electron chi connectivity index (χ0n) is 18.3. The highest BCUT2D eigenvalue weighted by molar-refractivity contribution is 6.31. The van der Waals surface area contributed by atoms with Crippen molar-refractivity contribution in [3.8, 4) is 16.9 Å². The van der Waals surface area contributed by atoms with Crippen LogP contribution in [0, 0.1) is 5.92 Å². The van der Waals surface area contributed by atoms with Crippen molar-refractivity contribution in [2.24, 2.45) is 5.92 Å². The quantitative estimate of drug-likeness (QED) is 0.768. The second-order valence-corrected chi connectivity index (χ2v) is 9.57. The summed E-state index contributed by atoms with van der Waals surface area (Å²) >= 11 is 6.50. The van der Waals surface area contributed by atoms with E-state index >= 15 is 0 Å². The first-order valence-electron chi connectivity index (χ1n) is 11.5. The second-order valence-electron chi connectivity index (χ2n) is 9.13. The molecule has 0 radical (unpaired) electrons. The van der Waals surface area contributed by atoms with E-state index in [4.69, 9.17) is 16.3 Å². The topological polar surface area (TPSA) is 71.5 Å². The van der Waals surface area contributed by atoms with E-state index in [0.717, 1.165) is 66.9 Å². The van der Waals surface area contributed by atoms with Crippen molar-refractivity contribution >= 4 is 23.4 Å². The van der Waals surface area contributed by atoms with E-state index in [1.54, 1.807) is 6.92 Å². The molecule has 1 N–H and O–H groups in total. The fourth-order valence-electron chi connectivity index (χ4n) is 5.24. The number of benzene rings is 1. The molecule has 2 unspecified atom stereocenters. The number of aromatic nitrogens is 1. The van der Waals surface area contributed by atoms with Crippen LogP contribution in [0.25, 0.3) is 11.1 Å². The highest BCUT2D eigenvalue weighted by Gasteiger charge is 2.36. The lowest BCUT2D eigenvalue weighted by atomic mass is 9.95.